The monoisotopic (exact) mass is 545 g/mol. The first kappa shape index (κ1) is 21.6. The number of imide groups is 1. The smallest absolute Gasteiger partial charge is 0.293 e. The average molecular weight is 545 g/mol. The van der Waals surface area contributed by atoms with E-state index in [1.54, 1.807) is 48.5 Å². The number of carbonyl (C=O) groups is 2. The summed E-state index contributed by atoms with van der Waals surface area (Å²) in [6.07, 6.45) is 1.69. The molecule has 31 heavy (non-hydrogen) atoms. The Bertz CT molecular complexity index is 1150. The lowest BCUT2D eigenvalue weighted by atomic mass is 10.2. The van der Waals surface area contributed by atoms with Gasteiger partial charge >= 0.3 is 0 Å². The number of amides is 2. The zero-order chi connectivity index (χ0) is 21.8. The summed E-state index contributed by atoms with van der Waals surface area (Å²) in [5.74, 6) is -0.0132. The third-order valence-corrected chi connectivity index (χ3v) is 6.28. The van der Waals surface area contributed by atoms with Crippen LogP contribution in [0.15, 0.2) is 77.7 Å². The molecule has 4 nitrogen and oxygen atoms in total. The molecule has 0 N–H and O–H groups in total. The van der Waals surface area contributed by atoms with Gasteiger partial charge in [0.2, 0.25) is 0 Å². The second-order valence-electron chi connectivity index (χ2n) is 6.84. The Balaban J connectivity index is 1.41. The zero-order valence-electron chi connectivity index (χ0n) is 16.3. The fourth-order valence-electron chi connectivity index (χ4n) is 3.00. The topological polar surface area (TPSA) is 46.6 Å². The minimum Gasteiger partial charge on any atom is -0.489 e. The maximum absolute atomic E-state index is 13.7. The molecule has 7 heteroatoms. The van der Waals surface area contributed by atoms with Gasteiger partial charge in [-0.2, -0.15) is 0 Å². The third kappa shape index (κ3) is 5.34. The summed E-state index contributed by atoms with van der Waals surface area (Å²) in [4.78, 5) is 26.7. The number of thioether (sulfide) groups is 1. The second-order valence-corrected chi connectivity index (χ2v) is 9.08. The fourth-order valence-corrected chi connectivity index (χ4v) is 4.19. The van der Waals surface area contributed by atoms with E-state index in [1.807, 2.05) is 24.3 Å². The molecule has 0 aromatic heterocycles. The van der Waals surface area contributed by atoms with Crippen LogP contribution < -0.4 is 4.74 Å². The van der Waals surface area contributed by atoms with Crippen molar-refractivity contribution in [1.82, 2.24) is 4.90 Å². The number of halogens is 2. The van der Waals surface area contributed by atoms with Crippen molar-refractivity contribution >= 4 is 51.6 Å². The van der Waals surface area contributed by atoms with Crippen molar-refractivity contribution < 1.29 is 18.7 Å². The normalized spacial score (nSPS) is 15.0. The molecular weight excluding hydrogens is 528 g/mol. The van der Waals surface area contributed by atoms with Gasteiger partial charge in [-0.25, -0.2) is 4.39 Å². The van der Waals surface area contributed by atoms with Crippen molar-refractivity contribution in [1.29, 1.82) is 0 Å². The molecular formula is C24H17FINO3S. The summed E-state index contributed by atoms with van der Waals surface area (Å²) < 4.78 is 20.4. The Morgan fingerprint density at radius 2 is 1.68 bits per heavy atom. The van der Waals surface area contributed by atoms with Gasteiger partial charge in [-0.3, -0.25) is 14.5 Å². The fraction of sp³-hybridized carbons (Fsp3) is 0.0833. The van der Waals surface area contributed by atoms with Gasteiger partial charge in [-0.05, 0) is 81.9 Å². The van der Waals surface area contributed by atoms with Gasteiger partial charge in [-0.1, -0.05) is 42.5 Å². The van der Waals surface area contributed by atoms with Crippen molar-refractivity contribution in [3.05, 3.63) is 104 Å². The Morgan fingerprint density at radius 1 is 0.968 bits per heavy atom. The molecule has 1 aliphatic rings. The van der Waals surface area contributed by atoms with Gasteiger partial charge in [0.25, 0.3) is 11.1 Å². The van der Waals surface area contributed by atoms with Crippen LogP contribution in [0.2, 0.25) is 0 Å². The summed E-state index contributed by atoms with van der Waals surface area (Å²) in [6, 6.07) is 21.3. The number of hydrogen-bond acceptors (Lipinski definition) is 4. The summed E-state index contributed by atoms with van der Waals surface area (Å²) >= 11 is 3.15. The number of ether oxygens (including phenoxy) is 1. The van der Waals surface area contributed by atoms with E-state index >= 15 is 0 Å². The molecule has 156 valence electrons. The van der Waals surface area contributed by atoms with E-state index in [0.29, 0.717) is 16.2 Å². The standard InChI is InChI=1S/C24H17FINO3S/c25-21-4-2-1-3-18(21)15-30-20-11-7-16(8-12-20)13-22-23(28)27(24(29)31-22)14-17-5-9-19(26)10-6-17/h1-13H,14-15H2/b22-13+. The number of rotatable bonds is 6. The van der Waals surface area contributed by atoms with Crippen LogP contribution in [-0.4, -0.2) is 16.0 Å². The minimum atomic E-state index is -0.305. The molecule has 0 saturated carbocycles. The highest BCUT2D eigenvalue weighted by Gasteiger charge is 2.34. The van der Waals surface area contributed by atoms with Gasteiger partial charge in [0.15, 0.2) is 0 Å². The highest BCUT2D eigenvalue weighted by Crippen LogP contribution is 2.33. The van der Waals surface area contributed by atoms with E-state index in [4.69, 9.17) is 4.74 Å². The lowest BCUT2D eigenvalue weighted by molar-refractivity contribution is -0.123. The summed E-state index contributed by atoms with van der Waals surface area (Å²) in [5.41, 5.74) is 2.16. The molecule has 0 atom stereocenters. The van der Waals surface area contributed by atoms with Gasteiger partial charge < -0.3 is 4.74 Å². The van der Waals surface area contributed by atoms with E-state index in [1.165, 1.54) is 11.0 Å². The van der Waals surface area contributed by atoms with E-state index in [-0.39, 0.29) is 30.1 Å². The number of carbonyl (C=O) groups excluding carboxylic acids is 2. The quantitative estimate of drug-likeness (QED) is 0.272. The SMILES string of the molecule is O=C1S/C(=C/c2ccc(OCc3ccccc3F)cc2)C(=O)N1Cc1ccc(I)cc1. The summed E-state index contributed by atoms with van der Waals surface area (Å²) in [7, 11) is 0. The number of hydrogen-bond donors (Lipinski definition) is 0. The second kappa shape index (κ2) is 9.65. The molecule has 1 fully saturated rings. The highest BCUT2D eigenvalue weighted by atomic mass is 127. The molecule has 2 amide bonds. The predicted octanol–water partition coefficient (Wildman–Crippen LogP) is 6.25. The van der Waals surface area contributed by atoms with Gasteiger partial charge in [0, 0.05) is 9.13 Å². The molecule has 4 rings (SSSR count). The minimum absolute atomic E-state index is 0.128. The van der Waals surface area contributed by atoms with Crippen LogP contribution in [0.25, 0.3) is 6.08 Å². The molecule has 1 saturated heterocycles. The lowest BCUT2D eigenvalue weighted by Crippen LogP contribution is -2.27. The zero-order valence-corrected chi connectivity index (χ0v) is 19.2. The van der Waals surface area contributed by atoms with Crippen molar-refractivity contribution in [3.63, 3.8) is 0 Å². The summed E-state index contributed by atoms with van der Waals surface area (Å²) in [6.45, 7) is 0.380. The Kier molecular flexibility index (Phi) is 6.72. The van der Waals surface area contributed by atoms with Crippen LogP contribution in [0.4, 0.5) is 9.18 Å². The van der Waals surface area contributed by atoms with Crippen LogP contribution in [0, 0.1) is 9.39 Å². The largest absolute Gasteiger partial charge is 0.489 e. The van der Waals surface area contributed by atoms with Crippen molar-refractivity contribution in [2.45, 2.75) is 13.2 Å². The maximum Gasteiger partial charge on any atom is 0.293 e. The molecule has 0 bridgehead atoms. The highest BCUT2D eigenvalue weighted by molar-refractivity contribution is 14.1. The molecule has 1 heterocycles. The molecule has 3 aromatic carbocycles. The molecule has 3 aromatic rings. The molecule has 0 aliphatic carbocycles. The van der Waals surface area contributed by atoms with E-state index in [9.17, 15) is 14.0 Å². The van der Waals surface area contributed by atoms with Gasteiger partial charge in [-0.15, -0.1) is 0 Å². The summed E-state index contributed by atoms with van der Waals surface area (Å²) in [5, 5.41) is -0.278. The first-order valence-electron chi connectivity index (χ1n) is 9.46. The van der Waals surface area contributed by atoms with Crippen molar-refractivity contribution in [3.8, 4) is 5.75 Å². The molecule has 0 radical (unpaired) electrons. The third-order valence-electron chi connectivity index (χ3n) is 4.66. The first-order chi connectivity index (χ1) is 15.0. The Hall–Kier alpha value is -2.65. The average Bonchev–Trinajstić information content (AvgIpc) is 3.03. The Morgan fingerprint density at radius 3 is 2.39 bits per heavy atom. The van der Waals surface area contributed by atoms with Crippen LogP contribution >= 0.6 is 34.4 Å². The van der Waals surface area contributed by atoms with E-state index < -0.39 is 0 Å². The van der Waals surface area contributed by atoms with Crippen LogP contribution in [-0.2, 0) is 17.9 Å². The number of benzene rings is 3. The molecule has 0 spiro atoms. The van der Waals surface area contributed by atoms with Crippen LogP contribution in [0.5, 0.6) is 5.75 Å². The van der Waals surface area contributed by atoms with Crippen LogP contribution in [0.3, 0.4) is 0 Å². The molecule has 0 unspecified atom stereocenters. The maximum atomic E-state index is 13.7. The Labute approximate surface area is 197 Å². The van der Waals surface area contributed by atoms with E-state index in [0.717, 1.165) is 26.5 Å². The van der Waals surface area contributed by atoms with Crippen molar-refractivity contribution in [2.24, 2.45) is 0 Å². The molecule has 1 aliphatic heterocycles. The lowest BCUT2D eigenvalue weighted by Gasteiger charge is -2.12. The van der Waals surface area contributed by atoms with E-state index in [2.05, 4.69) is 22.6 Å². The van der Waals surface area contributed by atoms with Crippen LogP contribution in [0.1, 0.15) is 16.7 Å². The van der Waals surface area contributed by atoms with Gasteiger partial charge in [0.05, 0.1) is 11.4 Å². The van der Waals surface area contributed by atoms with Gasteiger partial charge in [0.1, 0.15) is 18.2 Å². The first-order valence-corrected chi connectivity index (χ1v) is 11.4. The van der Waals surface area contributed by atoms with Crippen molar-refractivity contribution in [2.75, 3.05) is 0 Å². The predicted molar refractivity (Wildman–Crippen MR) is 128 cm³/mol. The number of nitrogens with zero attached hydrogens (tertiary/aromatic N) is 1.